The van der Waals surface area contributed by atoms with E-state index in [1.807, 2.05) is 47.4 Å². The second kappa shape index (κ2) is 9.47. The molecule has 2 aromatic heterocycles. The van der Waals surface area contributed by atoms with Crippen molar-refractivity contribution >= 4 is 33.1 Å². The minimum Gasteiger partial charge on any atom is -0.497 e. The largest absolute Gasteiger partial charge is 0.497 e. The van der Waals surface area contributed by atoms with Crippen LogP contribution in [0.2, 0.25) is 0 Å². The Kier molecular flexibility index (Phi) is 6.24. The van der Waals surface area contributed by atoms with Gasteiger partial charge in [0.2, 0.25) is 0 Å². The van der Waals surface area contributed by atoms with Gasteiger partial charge in [0.05, 0.1) is 18.5 Å². The summed E-state index contributed by atoms with van der Waals surface area (Å²) in [7, 11) is 1.66. The SMILES string of the molecule is CCC1CCCCN1C(=O)c1sc2nc(-c3ccccc3)cc(-c3ccc(OC)cc3)c2c1N. The molecule has 4 aromatic rings. The van der Waals surface area contributed by atoms with Gasteiger partial charge in [-0.3, -0.25) is 4.79 Å². The van der Waals surface area contributed by atoms with Crippen LogP contribution in [0.25, 0.3) is 32.6 Å². The topological polar surface area (TPSA) is 68.5 Å². The molecule has 5 nitrogen and oxygen atoms in total. The monoisotopic (exact) mass is 471 g/mol. The number of nitrogens with zero attached hydrogens (tertiary/aromatic N) is 2. The number of amides is 1. The number of hydrogen-bond donors (Lipinski definition) is 1. The maximum Gasteiger partial charge on any atom is 0.266 e. The highest BCUT2D eigenvalue weighted by atomic mass is 32.1. The number of hydrogen-bond acceptors (Lipinski definition) is 5. The molecule has 0 saturated carbocycles. The zero-order chi connectivity index (χ0) is 23.7. The minimum atomic E-state index is 0.0361. The lowest BCUT2D eigenvalue weighted by atomic mass is 9.98. The fraction of sp³-hybridized carbons (Fsp3) is 0.286. The van der Waals surface area contributed by atoms with E-state index < -0.39 is 0 Å². The summed E-state index contributed by atoms with van der Waals surface area (Å²) in [5, 5.41) is 0.850. The molecule has 0 radical (unpaired) electrons. The summed E-state index contributed by atoms with van der Waals surface area (Å²) in [4.78, 5) is 22.0. The number of nitrogen functional groups attached to an aromatic ring is 1. The van der Waals surface area contributed by atoms with Crippen molar-refractivity contribution in [2.45, 2.75) is 38.6 Å². The van der Waals surface area contributed by atoms with Crippen LogP contribution in [0, 0.1) is 0 Å². The van der Waals surface area contributed by atoms with E-state index in [9.17, 15) is 4.79 Å². The van der Waals surface area contributed by atoms with E-state index in [1.165, 1.54) is 17.8 Å². The van der Waals surface area contributed by atoms with Crippen molar-refractivity contribution in [3.8, 4) is 28.1 Å². The molecular formula is C28H29N3O2S. The van der Waals surface area contributed by atoms with Gasteiger partial charge in [-0.05, 0) is 55.0 Å². The van der Waals surface area contributed by atoms with Gasteiger partial charge in [-0.2, -0.15) is 0 Å². The van der Waals surface area contributed by atoms with E-state index in [4.69, 9.17) is 15.5 Å². The van der Waals surface area contributed by atoms with Crippen molar-refractivity contribution in [2.75, 3.05) is 19.4 Å². The van der Waals surface area contributed by atoms with Crippen LogP contribution >= 0.6 is 11.3 Å². The van der Waals surface area contributed by atoms with Gasteiger partial charge in [0.1, 0.15) is 15.5 Å². The van der Waals surface area contributed by atoms with Crippen LogP contribution in [0.5, 0.6) is 5.75 Å². The Balaban J connectivity index is 1.68. The summed E-state index contributed by atoms with van der Waals surface area (Å²) in [5.41, 5.74) is 11.1. The Morgan fingerprint density at radius 2 is 1.88 bits per heavy atom. The van der Waals surface area contributed by atoms with Gasteiger partial charge in [0.15, 0.2) is 0 Å². The highest BCUT2D eigenvalue weighted by Crippen LogP contribution is 2.42. The van der Waals surface area contributed by atoms with Crippen LogP contribution in [0.1, 0.15) is 42.3 Å². The molecule has 2 N–H and O–H groups in total. The molecule has 1 unspecified atom stereocenters. The first-order valence-corrected chi connectivity index (χ1v) is 12.7. The number of thiophene rings is 1. The number of carbonyl (C=O) groups excluding carboxylic acids is 1. The molecular weight excluding hydrogens is 442 g/mol. The average Bonchev–Trinajstić information content (AvgIpc) is 3.24. The Labute approximate surface area is 204 Å². The number of carbonyl (C=O) groups is 1. The number of methoxy groups -OCH3 is 1. The Hall–Kier alpha value is -3.38. The Morgan fingerprint density at radius 1 is 1.12 bits per heavy atom. The van der Waals surface area contributed by atoms with Crippen LogP contribution in [-0.4, -0.2) is 35.5 Å². The van der Waals surface area contributed by atoms with Crippen LogP contribution in [0.3, 0.4) is 0 Å². The molecule has 3 heterocycles. The number of anilines is 1. The van der Waals surface area contributed by atoms with Gasteiger partial charge in [-0.25, -0.2) is 4.98 Å². The Bertz CT molecular complexity index is 1320. The fourth-order valence-corrected chi connectivity index (χ4v) is 5.93. The molecule has 34 heavy (non-hydrogen) atoms. The average molecular weight is 472 g/mol. The molecule has 2 aromatic carbocycles. The number of pyridine rings is 1. The molecule has 0 spiro atoms. The van der Waals surface area contributed by atoms with Crippen molar-refractivity contribution in [2.24, 2.45) is 0 Å². The van der Waals surface area contributed by atoms with Crippen LogP contribution in [0.15, 0.2) is 60.7 Å². The smallest absolute Gasteiger partial charge is 0.266 e. The highest BCUT2D eigenvalue weighted by Gasteiger charge is 2.30. The normalized spacial score (nSPS) is 16.1. The maximum atomic E-state index is 13.7. The van der Waals surface area contributed by atoms with Crippen molar-refractivity contribution in [3.05, 3.63) is 65.5 Å². The number of likely N-dealkylation sites (tertiary alicyclic amines) is 1. The molecule has 1 aliphatic rings. The third-order valence-electron chi connectivity index (χ3n) is 6.72. The van der Waals surface area contributed by atoms with Gasteiger partial charge in [0, 0.05) is 23.5 Å². The van der Waals surface area contributed by atoms with Gasteiger partial charge in [-0.1, -0.05) is 49.4 Å². The lowest BCUT2D eigenvalue weighted by molar-refractivity contribution is 0.0614. The number of nitrogens with two attached hydrogens (primary N) is 1. The molecule has 1 atom stereocenters. The van der Waals surface area contributed by atoms with E-state index in [1.54, 1.807) is 7.11 Å². The molecule has 6 heteroatoms. The molecule has 0 aliphatic carbocycles. The summed E-state index contributed by atoms with van der Waals surface area (Å²) < 4.78 is 5.35. The van der Waals surface area contributed by atoms with Crippen LogP contribution < -0.4 is 10.5 Å². The van der Waals surface area contributed by atoms with Crippen molar-refractivity contribution in [3.63, 3.8) is 0 Å². The molecule has 174 valence electrons. The summed E-state index contributed by atoms with van der Waals surface area (Å²) in [6.07, 6.45) is 4.24. The zero-order valence-electron chi connectivity index (χ0n) is 19.6. The number of rotatable bonds is 5. The highest BCUT2D eigenvalue weighted by molar-refractivity contribution is 7.21. The van der Waals surface area contributed by atoms with Gasteiger partial charge in [0.25, 0.3) is 5.91 Å². The fourth-order valence-electron chi connectivity index (χ4n) is 4.86. The van der Waals surface area contributed by atoms with Gasteiger partial charge >= 0.3 is 0 Å². The lowest BCUT2D eigenvalue weighted by Crippen LogP contribution is -2.43. The number of benzene rings is 2. The van der Waals surface area contributed by atoms with E-state index in [-0.39, 0.29) is 11.9 Å². The molecule has 1 saturated heterocycles. The van der Waals surface area contributed by atoms with Crippen LogP contribution in [-0.2, 0) is 0 Å². The Morgan fingerprint density at radius 3 is 2.59 bits per heavy atom. The number of piperidine rings is 1. The van der Waals surface area contributed by atoms with Crippen LogP contribution in [0.4, 0.5) is 5.69 Å². The summed E-state index contributed by atoms with van der Waals surface area (Å²) in [6, 6.07) is 20.4. The predicted octanol–water partition coefficient (Wildman–Crippen LogP) is 6.63. The predicted molar refractivity (Wildman–Crippen MR) is 140 cm³/mol. The standard InChI is InChI=1S/C28H29N3O2S/c1-3-20-11-7-8-16-31(20)28(32)26-25(29)24-22(18-12-14-21(33-2)15-13-18)17-23(30-27(24)34-26)19-9-5-4-6-10-19/h4-6,9-10,12-15,17,20H,3,7-8,11,16,29H2,1-2H3. The zero-order valence-corrected chi connectivity index (χ0v) is 20.4. The molecule has 1 amide bonds. The summed E-state index contributed by atoms with van der Waals surface area (Å²) in [5.74, 6) is 0.830. The van der Waals surface area contributed by atoms with Crippen molar-refractivity contribution < 1.29 is 9.53 Å². The molecule has 1 aliphatic heterocycles. The third kappa shape index (κ3) is 4.03. The third-order valence-corrected chi connectivity index (χ3v) is 7.81. The van der Waals surface area contributed by atoms with Gasteiger partial charge in [-0.15, -0.1) is 11.3 Å². The molecule has 0 bridgehead atoms. The first kappa shape index (κ1) is 22.4. The number of fused-ring (bicyclic) bond motifs is 1. The molecule has 1 fully saturated rings. The van der Waals surface area contributed by atoms with Gasteiger partial charge < -0.3 is 15.4 Å². The maximum absolute atomic E-state index is 13.7. The van der Waals surface area contributed by atoms with Crippen molar-refractivity contribution in [1.82, 2.24) is 9.88 Å². The summed E-state index contributed by atoms with van der Waals surface area (Å²) in [6.45, 7) is 2.94. The lowest BCUT2D eigenvalue weighted by Gasteiger charge is -2.35. The van der Waals surface area contributed by atoms with Crippen molar-refractivity contribution in [1.29, 1.82) is 0 Å². The number of ether oxygens (including phenoxy) is 1. The second-order valence-electron chi connectivity index (χ2n) is 8.73. The van der Waals surface area contributed by atoms with E-state index in [2.05, 4.69) is 25.1 Å². The van der Waals surface area contributed by atoms with E-state index in [0.29, 0.717) is 10.6 Å². The first-order chi connectivity index (χ1) is 16.6. The number of aromatic nitrogens is 1. The first-order valence-electron chi connectivity index (χ1n) is 11.8. The quantitative estimate of drug-likeness (QED) is 0.355. The van der Waals surface area contributed by atoms with E-state index >= 15 is 0 Å². The minimum absolute atomic E-state index is 0.0361. The second-order valence-corrected chi connectivity index (χ2v) is 9.73. The summed E-state index contributed by atoms with van der Waals surface area (Å²) >= 11 is 1.41. The molecule has 5 rings (SSSR count). The van der Waals surface area contributed by atoms with E-state index in [0.717, 1.165) is 64.2 Å².